The Hall–Kier alpha value is -0.570. The van der Waals surface area contributed by atoms with Crippen LogP contribution in [0.1, 0.15) is 33.6 Å². The molecule has 2 heterocycles. The lowest BCUT2D eigenvalue weighted by molar-refractivity contribution is -0.130. The molecule has 2 N–H and O–H groups in total. The average molecular weight is 196 g/mol. The molecular formula is C11H20N2O. The van der Waals surface area contributed by atoms with E-state index in [0.29, 0.717) is 0 Å². The third kappa shape index (κ3) is 1.65. The minimum Gasteiger partial charge on any atom is -0.354 e. The molecule has 80 valence electrons. The second kappa shape index (κ2) is 2.96. The van der Waals surface area contributed by atoms with E-state index in [1.54, 1.807) is 0 Å². The summed E-state index contributed by atoms with van der Waals surface area (Å²) < 4.78 is 0. The van der Waals surface area contributed by atoms with Crippen molar-refractivity contribution in [3.8, 4) is 0 Å². The van der Waals surface area contributed by atoms with Crippen molar-refractivity contribution in [1.82, 2.24) is 10.6 Å². The van der Waals surface area contributed by atoms with E-state index in [-0.39, 0.29) is 16.9 Å². The van der Waals surface area contributed by atoms with Gasteiger partial charge in [0.2, 0.25) is 5.91 Å². The molecule has 0 spiro atoms. The van der Waals surface area contributed by atoms with Crippen molar-refractivity contribution in [2.24, 2.45) is 11.3 Å². The lowest BCUT2D eigenvalue weighted by Crippen LogP contribution is -2.57. The smallest absolute Gasteiger partial charge is 0.240 e. The van der Waals surface area contributed by atoms with Gasteiger partial charge in [-0.15, -0.1) is 0 Å². The molecule has 0 aromatic rings. The third-order valence-corrected chi connectivity index (χ3v) is 3.22. The second-order valence-electron chi connectivity index (χ2n) is 5.98. The van der Waals surface area contributed by atoms with Gasteiger partial charge >= 0.3 is 0 Å². The van der Waals surface area contributed by atoms with Crippen LogP contribution in [0.5, 0.6) is 0 Å². The maximum Gasteiger partial charge on any atom is 0.240 e. The first-order valence-electron chi connectivity index (χ1n) is 5.45. The van der Waals surface area contributed by atoms with Crippen LogP contribution >= 0.6 is 0 Å². The molecule has 0 aromatic heterocycles. The molecule has 0 aromatic carbocycles. The largest absolute Gasteiger partial charge is 0.354 e. The Balaban J connectivity index is 1.85. The molecule has 3 heteroatoms. The summed E-state index contributed by atoms with van der Waals surface area (Å²) in [4.78, 5) is 11.9. The predicted molar refractivity (Wildman–Crippen MR) is 55.9 cm³/mol. The van der Waals surface area contributed by atoms with Gasteiger partial charge in [-0.25, -0.2) is 0 Å². The second-order valence-corrected chi connectivity index (χ2v) is 5.98. The monoisotopic (exact) mass is 196 g/mol. The van der Waals surface area contributed by atoms with Crippen LogP contribution in [0.2, 0.25) is 0 Å². The number of rotatable bonds is 2. The lowest BCUT2D eigenvalue weighted by atomic mass is 9.73. The van der Waals surface area contributed by atoms with Crippen LogP contribution in [0, 0.1) is 11.3 Å². The molecule has 3 aliphatic rings. The first kappa shape index (κ1) is 9.97. The van der Waals surface area contributed by atoms with Crippen LogP contribution in [0.15, 0.2) is 0 Å². The Morgan fingerprint density at radius 3 is 2.57 bits per heavy atom. The van der Waals surface area contributed by atoms with Crippen molar-refractivity contribution in [2.75, 3.05) is 13.1 Å². The molecule has 2 aliphatic heterocycles. The van der Waals surface area contributed by atoms with E-state index in [4.69, 9.17) is 0 Å². The summed E-state index contributed by atoms with van der Waals surface area (Å²) in [5, 5.41) is 6.37. The summed E-state index contributed by atoms with van der Waals surface area (Å²) in [5.41, 5.74) is -0.00995. The standard InChI is InChI=1S/C11H20N2O/c1-10(2,3)7-12-9(14)11-4-8(5-11)6-13-11/h8,13H,4-7H2,1-3H3,(H,12,14). The first-order valence-corrected chi connectivity index (χ1v) is 5.45. The zero-order valence-corrected chi connectivity index (χ0v) is 9.31. The fourth-order valence-electron chi connectivity index (χ4n) is 2.33. The van der Waals surface area contributed by atoms with Crippen molar-refractivity contribution < 1.29 is 4.79 Å². The Labute approximate surface area is 85.6 Å². The molecule has 2 bridgehead atoms. The van der Waals surface area contributed by atoms with Crippen LogP contribution in [0.4, 0.5) is 0 Å². The minimum absolute atomic E-state index is 0.175. The maximum atomic E-state index is 11.9. The van der Waals surface area contributed by atoms with Gasteiger partial charge in [0, 0.05) is 6.54 Å². The van der Waals surface area contributed by atoms with E-state index in [9.17, 15) is 4.79 Å². The topological polar surface area (TPSA) is 41.1 Å². The highest BCUT2D eigenvalue weighted by Crippen LogP contribution is 2.43. The van der Waals surface area contributed by atoms with Gasteiger partial charge in [-0.3, -0.25) is 4.79 Å². The number of hydrogen-bond acceptors (Lipinski definition) is 2. The molecule has 1 saturated carbocycles. The average Bonchev–Trinajstić information content (AvgIpc) is 2.55. The quantitative estimate of drug-likeness (QED) is 0.689. The van der Waals surface area contributed by atoms with Gasteiger partial charge in [-0.05, 0) is 30.7 Å². The molecule has 0 unspecified atom stereocenters. The Morgan fingerprint density at radius 1 is 1.50 bits per heavy atom. The maximum absolute atomic E-state index is 11.9. The predicted octanol–water partition coefficient (Wildman–Crippen LogP) is 0.901. The van der Waals surface area contributed by atoms with Gasteiger partial charge in [0.15, 0.2) is 0 Å². The molecule has 3 rings (SSSR count). The Morgan fingerprint density at radius 2 is 2.14 bits per heavy atom. The Kier molecular flexibility index (Phi) is 2.11. The van der Waals surface area contributed by atoms with Crippen molar-refractivity contribution >= 4 is 5.91 Å². The minimum atomic E-state index is -0.185. The third-order valence-electron chi connectivity index (χ3n) is 3.22. The van der Waals surface area contributed by atoms with E-state index >= 15 is 0 Å². The van der Waals surface area contributed by atoms with Gasteiger partial charge < -0.3 is 10.6 Å². The molecular weight excluding hydrogens is 176 g/mol. The van der Waals surface area contributed by atoms with E-state index in [1.807, 2.05) is 0 Å². The van der Waals surface area contributed by atoms with E-state index in [0.717, 1.165) is 31.8 Å². The van der Waals surface area contributed by atoms with Gasteiger partial charge in [0.1, 0.15) is 0 Å². The fourth-order valence-corrected chi connectivity index (χ4v) is 2.33. The van der Waals surface area contributed by atoms with Crippen molar-refractivity contribution in [3.63, 3.8) is 0 Å². The highest BCUT2D eigenvalue weighted by Gasteiger charge is 2.55. The van der Waals surface area contributed by atoms with Crippen molar-refractivity contribution in [1.29, 1.82) is 0 Å². The zero-order valence-electron chi connectivity index (χ0n) is 9.31. The number of nitrogens with one attached hydrogen (secondary N) is 2. The number of fused-ring (bicyclic) bond motifs is 1. The summed E-state index contributed by atoms with van der Waals surface area (Å²) in [6.45, 7) is 8.20. The summed E-state index contributed by atoms with van der Waals surface area (Å²) >= 11 is 0. The highest BCUT2D eigenvalue weighted by atomic mass is 16.2. The van der Waals surface area contributed by atoms with E-state index in [2.05, 4.69) is 31.4 Å². The normalized spacial score (nSPS) is 35.2. The summed E-state index contributed by atoms with van der Waals surface area (Å²) in [6.07, 6.45) is 2.09. The summed E-state index contributed by atoms with van der Waals surface area (Å²) in [5.74, 6) is 0.969. The van der Waals surface area contributed by atoms with Gasteiger partial charge in [-0.2, -0.15) is 0 Å². The molecule has 1 aliphatic carbocycles. The van der Waals surface area contributed by atoms with Crippen LogP contribution in [-0.2, 0) is 4.79 Å². The van der Waals surface area contributed by atoms with E-state index < -0.39 is 0 Å². The molecule has 0 atom stereocenters. The fraction of sp³-hybridized carbons (Fsp3) is 0.909. The molecule has 14 heavy (non-hydrogen) atoms. The van der Waals surface area contributed by atoms with Crippen LogP contribution in [0.3, 0.4) is 0 Å². The zero-order chi connectivity index (χ0) is 10.4. The van der Waals surface area contributed by atoms with Crippen LogP contribution < -0.4 is 10.6 Å². The van der Waals surface area contributed by atoms with Gasteiger partial charge in [0.05, 0.1) is 5.54 Å². The van der Waals surface area contributed by atoms with Gasteiger partial charge in [0.25, 0.3) is 0 Å². The molecule has 2 saturated heterocycles. The lowest BCUT2D eigenvalue weighted by Gasteiger charge is -2.36. The van der Waals surface area contributed by atoms with Gasteiger partial charge in [-0.1, -0.05) is 20.8 Å². The van der Waals surface area contributed by atoms with Crippen molar-refractivity contribution in [2.45, 2.75) is 39.2 Å². The van der Waals surface area contributed by atoms with Crippen LogP contribution in [0.25, 0.3) is 0 Å². The molecule has 3 nitrogen and oxygen atoms in total. The summed E-state index contributed by atoms with van der Waals surface area (Å²) in [7, 11) is 0. The molecule has 1 amide bonds. The molecule has 3 fully saturated rings. The van der Waals surface area contributed by atoms with E-state index in [1.165, 1.54) is 0 Å². The number of hydrogen-bond donors (Lipinski definition) is 2. The first-order chi connectivity index (χ1) is 6.41. The van der Waals surface area contributed by atoms with Crippen LogP contribution in [-0.4, -0.2) is 24.5 Å². The SMILES string of the molecule is CC(C)(C)CNC(=O)C12CC(CN1)C2. The highest BCUT2D eigenvalue weighted by molar-refractivity contribution is 5.88. The number of amides is 1. The summed E-state index contributed by atoms with van der Waals surface area (Å²) in [6, 6.07) is 0. The molecule has 0 radical (unpaired) electrons. The number of carbonyl (C=O) groups is 1. The number of carbonyl (C=O) groups excluding carboxylic acids is 1. The Bertz CT molecular complexity index is 243. The van der Waals surface area contributed by atoms with Crippen molar-refractivity contribution in [3.05, 3.63) is 0 Å².